The summed E-state index contributed by atoms with van der Waals surface area (Å²) >= 11 is 1.61. The second-order valence-corrected chi connectivity index (χ2v) is 6.09. The molecule has 1 aromatic carbocycles. The summed E-state index contributed by atoms with van der Waals surface area (Å²) in [5, 5.41) is 15.0. The van der Waals surface area contributed by atoms with Crippen molar-refractivity contribution in [2.24, 2.45) is 0 Å². The zero-order chi connectivity index (χ0) is 15.6. The summed E-state index contributed by atoms with van der Waals surface area (Å²) in [5.41, 5.74) is 1.29. The van der Waals surface area contributed by atoms with Crippen molar-refractivity contribution >= 4 is 17.0 Å². The summed E-state index contributed by atoms with van der Waals surface area (Å²) in [5.74, 6) is -0.599. The van der Waals surface area contributed by atoms with Crippen LogP contribution in [0.3, 0.4) is 0 Å². The van der Waals surface area contributed by atoms with Crippen LogP contribution < -0.4 is 5.32 Å². The molecule has 2 rings (SSSR count). The molecule has 1 unspecified atom stereocenters. The molecule has 1 aromatic heterocycles. The van der Waals surface area contributed by atoms with E-state index in [4.69, 9.17) is 0 Å². The summed E-state index contributed by atoms with van der Waals surface area (Å²) < 4.78 is 13.4. The number of thiazole rings is 1. The number of halogens is 1. The monoisotopic (exact) mass is 309 g/mol. The van der Waals surface area contributed by atoms with Crippen LogP contribution in [-0.4, -0.2) is 9.91 Å². The fourth-order valence-electron chi connectivity index (χ4n) is 2.15. The van der Waals surface area contributed by atoms with E-state index >= 15 is 0 Å². The largest absolute Gasteiger partial charge is 0.305 e. The van der Waals surface area contributed by atoms with Crippen LogP contribution in [0, 0.1) is 29.8 Å². The quantitative estimate of drug-likeness (QED) is 0.676. The maximum atomic E-state index is 13.4. The van der Waals surface area contributed by atoms with Crippen LogP contribution in [0.5, 0.6) is 0 Å². The third kappa shape index (κ3) is 3.83. The number of nitro benzene ring substituents is 1. The summed E-state index contributed by atoms with van der Waals surface area (Å²) in [7, 11) is 0. The topological polar surface area (TPSA) is 68.1 Å². The molecule has 2 aromatic rings. The fourth-order valence-corrected chi connectivity index (χ4v) is 3.11. The molecule has 1 atom stereocenters. The second kappa shape index (κ2) is 6.28. The molecule has 0 saturated carbocycles. The Hall–Kier alpha value is -1.86. The standard InChI is InChI=1S/C14H16FN3O2S/c1-8(14-9(2)17-10(3)21-14)16-7-11-4-12(15)6-13(5-11)18(19)20/h4-6,8,16H,7H2,1-3H3. The highest BCUT2D eigenvalue weighted by Gasteiger charge is 2.14. The average molecular weight is 309 g/mol. The minimum Gasteiger partial charge on any atom is -0.305 e. The number of aromatic nitrogens is 1. The summed E-state index contributed by atoms with van der Waals surface area (Å²) in [6.45, 7) is 6.25. The van der Waals surface area contributed by atoms with Crippen molar-refractivity contribution in [1.29, 1.82) is 0 Å². The van der Waals surface area contributed by atoms with Gasteiger partial charge in [0.15, 0.2) is 0 Å². The third-order valence-corrected chi connectivity index (χ3v) is 4.35. The third-order valence-electron chi connectivity index (χ3n) is 3.10. The molecule has 0 aliphatic rings. The number of nitrogens with zero attached hydrogens (tertiary/aromatic N) is 2. The molecular weight excluding hydrogens is 293 g/mol. The van der Waals surface area contributed by atoms with Crippen LogP contribution in [0.1, 0.15) is 34.1 Å². The first-order valence-corrected chi connectivity index (χ1v) is 7.29. The van der Waals surface area contributed by atoms with E-state index in [1.165, 1.54) is 12.1 Å². The highest BCUT2D eigenvalue weighted by Crippen LogP contribution is 2.25. The van der Waals surface area contributed by atoms with Crippen LogP contribution >= 0.6 is 11.3 Å². The zero-order valence-corrected chi connectivity index (χ0v) is 12.8. The molecule has 0 aliphatic heterocycles. The Bertz CT molecular complexity index is 672. The maximum absolute atomic E-state index is 13.4. The zero-order valence-electron chi connectivity index (χ0n) is 12.0. The van der Waals surface area contributed by atoms with Crippen molar-refractivity contribution < 1.29 is 9.31 Å². The van der Waals surface area contributed by atoms with E-state index < -0.39 is 10.7 Å². The molecule has 7 heteroatoms. The number of hydrogen-bond donors (Lipinski definition) is 1. The normalized spacial score (nSPS) is 12.4. The van der Waals surface area contributed by atoms with Crippen LogP contribution in [0.4, 0.5) is 10.1 Å². The SMILES string of the molecule is Cc1nc(C)c(C(C)NCc2cc(F)cc([N+](=O)[O-])c2)s1. The molecule has 5 nitrogen and oxygen atoms in total. The Kier molecular flexibility index (Phi) is 4.64. The van der Waals surface area contributed by atoms with Gasteiger partial charge < -0.3 is 5.32 Å². The Morgan fingerprint density at radius 2 is 2.14 bits per heavy atom. The first kappa shape index (κ1) is 15.5. The van der Waals surface area contributed by atoms with Crippen molar-refractivity contribution in [2.45, 2.75) is 33.4 Å². The van der Waals surface area contributed by atoms with Gasteiger partial charge in [0.1, 0.15) is 5.82 Å². The Labute approximate surface area is 126 Å². The molecule has 0 radical (unpaired) electrons. The predicted octanol–water partition coefficient (Wildman–Crippen LogP) is 3.66. The molecule has 0 spiro atoms. The molecule has 112 valence electrons. The second-order valence-electron chi connectivity index (χ2n) is 4.86. The molecule has 1 heterocycles. The molecule has 1 N–H and O–H groups in total. The lowest BCUT2D eigenvalue weighted by Gasteiger charge is -2.13. The van der Waals surface area contributed by atoms with E-state index in [1.54, 1.807) is 11.3 Å². The van der Waals surface area contributed by atoms with Crippen molar-refractivity contribution in [3.63, 3.8) is 0 Å². The van der Waals surface area contributed by atoms with Gasteiger partial charge in [-0.25, -0.2) is 9.37 Å². The highest BCUT2D eigenvalue weighted by atomic mass is 32.1. The lowest BCUT2D eigenvalue weighted by atomic mass is 10.1. The van der Waals surface area contributed by atoms with Crippen molar-refractivity contribution in [2.75, 3.05) is 0 Å². The lowest BCUT2D eigenvalue weighted by molar-refractivity contribution is -0.385. The van der Waals surface area contributed by atoms with Gasteiger partial charge in [0.25, 0.3) is 5.69 Å². The Balaban J connectivity index is 2.09. The van der Waals surface area contributed by atoms with E-state index in [1.807, 2.05) is 20.8 Å². The van der Waals surface area contributed by atoms with Gasteiger partial charge in [0.2, 0.25) is 0 Å². The number of nitro groups is 1. The first-order chi connectivity index (χ1) is 9.86. The Morgan fingerprint density at radius 3 is 2.71 bits per heavy atom. The average Bonchev–Trinajstić information content (AvgIpc) is 2.74. The summed E-state index contributed by atoms with van der Waals surface area (Å²) in [6, 6.07) is 3.66. The highest BCUT2D eigenvalue weighted by molar-refractivity contribution is 7.11. The van der Waals surface area contributed by atoms with E-state index in [-0.39, 0.29) is 11.7 Å². The van der Waals surface area contributed by atoms with Crippen LogP contribution in [0.25, 0.3) is 0 Å². The number of rotatable bonds is 5. The van der Waals surface area contributed by atoms with E-state index in [0.717, 1.165) is 21.6 Å². The van der Waals surface area contributed by atoms with Crippen LogP contribution in [0.15, 0.2) is 18.2 Å². The van der Waals surface area contributed by atoms with Gasteiger partial charge in [0.05, 0.1) is 21.7 Å². The first-order valence-electron chi connectivity index (χ1n) is 6.48. The number of benzene rings is 1. The molecule has 0 fully saturated rings. The van der Waals surface area contributed by atoms with Crippen LogP contribution in [0.2, 0.25) is 0 Å². The Morgan fingerprint density at radius 1 is 1.43 bits per heavy atom. The summed E-state index contributed by atoms with van der Waals surface area (Å²) in [4.78, 5) is 15.6. The number of nitrogens with one attached hydrogen (secondary N) is 1. The van der Waals surface area contributed by atoms with E-state index in [2.05, 4.69) is 10.3 Å². The smallest absolute Gasteiger partial charge is 0.272 e. The van der Waals surface area contributed by atoms with Crippen LogP contribution in [-0.2, 0) is 6.54 Å². The minimum atomic E-state index is -0.599. The fraction of sp³-hybridized carbons (Fsp3) is 0.357. The van der Waals surface area contributed by atoms with Gasteiger partial charge in [-0.1, -0.05) is 0 Å². The van der Waals surface area contributed by atoms with Gasteiger partial charge in [-0.3, -0.25) is 10.1 Å². The molecule has 0 amide bonds. The van der Waals surface area contributed by atoms with Crippen molar-refractivity contribution in [3.8, 4) is 0 Å². The van der Waals surface area contributed by atoms with Crippen molar-refractivity contribution in [1.82, 2.24) is 10.3 Å². The minimum absolute atomic E-state index is 0.0542. The van der Waals surface area contributed by atoms with Gasteiger partial charge in [0, 0.05) is 23.5 Å². The van der Waals surface area contributed by atoms with Gasteiger partial charge in [-0.2, -0.15) is 0 Å². The number of aryl methyl sites for hydroxylation is 2. The molecule has 0 bridgehead atoms. The van der Waals surface area contributed by atoms with Gasteiger partial charge in [-0.05, 0) is 32.4 Å². The molecule has 0 aliphatic carbocycles. The van der Waals surface area contributed by atoms with E-state index in [0.29, 0.717) is 12.1 Å². The molecule has 0 saturated heterocycles. The lowest BCUT2D eigenvalue weighted by Crippen LogP contribution is -2.18. The molecule has 21 heavy (non-hydrogen) atoms. The van der Waals surface area contributed by atoms with E-state index in [9.17, 15) is 14.5 Å². The predicted molar refractivity (Wildman–Crippen MR) is 79.9 cm³/mol. The summed E-state index contributed by atoms with van der Waals surface area (Å²) in [6.07, 6.45) is 0. The molecular formula is C14H16FN3O2S. The van der Waals surface area contributed by atoms with Gasteiger partial charge in [-0.15, -0.1) is 11.3 Å². The van der Waals surface area contributed by atoms with Crippen molar-refractivity contribution in [3.05, 3.63) is 55.3 Å². The maximum Gasteiger partial charge on any atom is 0.272 e. The number of hydrogen-bond acceptors (Lipinski definition) is 5. The number of non-ortho nitro benzene ring substituents is 1. The van der Waals surface area contributed by atoms with Gasteiger partial charge >= 0.3 is 0 Å².